The molecular weight excluding hydrogens is 212 g/mol. The fraction of sp³-hybridized carbons (Fsp3) is 0.385. The molecule has 0 fully saturated rings. The highest BCUT2D eigenvalue weighted by Gasteiger charge is 2.14. The van der Waals surface area contributed by atoms with Crippen molar-refractivity contribution in [3.63, 3.8) is 0 Å². The summed E-state index contributed by atoms with van der Waals surface area (Å²) in [5.41, 5.74) is 8.00. The Kier molecular flexibility index (Phi) is 3.24. The number of hydrogen-bond acceptors (Lipinski definition) is 3. The second-order valence-electron chi connectivity index (χ2n) is 4.47. The van der Waals surface area contributed by atoms with Crippen LogP contribution in [0.1, 0.15) is 31.3 Å². The van der Waals surface area contributed by atoms with Gasteiger partial charge in [0.05, 0.1) is 6.54 Å². The summed E-state index contributed by atoms with van der Waals surface area (Å²) in [6, 6.07) is 8.60. The predicted octanol–water partition coefficient (Wildman–Crippen LogP) is 2.29. The zero-order chi connectivity index (χ0) is 12.4. The highest BCUT2D eigenvalue weighted by atomic mass is 15.3. The van der Waals surface area contributed by atoms with Crippen molar-refractivity contribution in [3.05, 3.63) is 35.7 Å². The molecule has 0 aliphatic carbocycles. The van der Waals surface area contributed by atoms with Gasteiger partial charge in [-0.05, 0) is 20.8 Å². The minimum absolute atomic E-state index is 0.305. The summed E-state index contributed by atoms with van der Waals surface area (Å²) in [7, 11) is 0. The first-order chi connectivity index (χ1) is 8.13. The number of rotatable bonds is 3. The molecule has 0 bridgehead atoms. The van der Waals surface area contributed by atoms with Gasteiger partial charge >= 0.3 is 0 Å². The number of hydrogen-bond donors (Lipinski definition) is 1. The van der Waals surface area contributed by atoms with Crippen molar-refractivity contribution in [2.24, 2.45) is 5.73 Å². The number of aryl methyl sites for hydroxylation is 1. The van der Waals surface area contributed by atoms with Crippen LogP contribution in [0.25, 0.3) is 11.4 Å². The average Bonchev–Trinajstić information content (AvgIpc) is 2.73. The van der Waals surface area contributed by atoms with Crippen LogP contribution in [-0.2, 0) is 6.54 Å². The normalized spacial score (nSPS) is 11.1. The van der Waals surface area contributed by atoms with Crippen LogP contribution < -0.4 is 5.73 Å². The maximum Gasteiger partial charge on any atom is 0.164 e. The fourth-order valence-electron chi connectivity index (χ4n) is 1.90. The molecule has 0 atom stereocenters. The van der Waals surface area contributed by atoms with Crippen LogP contribution in [0.4, 0.5) is 0 Å². The van der Waals surface area contributed by atoms with Crippen LogP contribution >= 0.6 is 0 Å². The van der Waals surface area contributed by atoms with Crippen molar-refractivity contribution in [3.8, 4) is 11.4 Å². The topological polar surface area (TPSA) is 56.7 Å². The lowest BCUT2D eigenvalue weighted by atomic mass is 10.1. The molecule has 4 heteroatoms. The Morgan fingerprint density at radius 2 is 1.82 bits per heavy atom. The van der Waals surface area contributed by atoms with Crippen LogP contribution in [0.5, 0.6) is 0 Å². The van der Waals surface area contributed by atoms with Crippen LogP contribution in [0.3, 0.4) is 0 Å². The highest BCUT2D eigenvalue weighted by molar-refractivity contribution is 5.56. The number of nitrogens with zero attached hydrogens (tertiary/aromatic N) is 3. The Morgan fingerprint density at radius 3 is 2.35 bits per heavy atom. The Bertz CT molecular complexity index is 497. The molecule has 1 aromatic carbocycles. The predicted molar refractivity (Wildman–Crippen MR) is 68.5 cm³/mol. The molecule has 0 aliphatic heterocycles. The summed E-state index contributed by atoms with van der Waals surface area (Å²) in [6.45, 7) is 6.71. The zero-order valence-electron chi connectivity index (χ0n) is 10.5. The lowest BCUT2D eigenvalue weighted by molar-refractivity contribution is 0.574. The molecular formula is C13H18N4. The van der Waals surface area contributed by atoms with E-state index in [0.717, 1.165) is 17.2 Å². The van der Waals surface area contributed by atoms with E-state index in [4.69, 9.17) is 5.73 Å². The van der Waals surface area contributed by atoms with Crippen molar-refractivity contribution in [1.82, 2.24) is 14.8 Å². The maximum absolute atomic E-state index is 5.68. The molecule has 1 heterocycles. The first kappa shape index (κ1) is 11.8. The molecule has 0 saturated carbocycles. The summed E-state index contributed by atoms with van der Waals surface area (Å²) in [4.78, 5) is 0. The SMILES string of the molecule is Cc1ccc(-c2nnc(CN)n2C(C)C)cc1. The van der Waals surface area contributed by atoms with E-state index in [2.05, 4.69) is 59.8 Å². The standard InChI is InChI=1S/C13H18N4/c1-9(2)17-12(8-14)15-16-13(17)11-6-4-10(3)5-7-11/h4-7,9H,8,14H2,1-3H3. The fourth-order valence-corrected chi connectivity index (χ4v) is 1.90. The van der Waals surface area contributed by atoms with E-state index in [1.165, 1.54) is 5.56 Å². The minimum Gasteiger partial charge on any atom is -0.324 e. The Balaban J connectivity index is 2.51. The van der Waals surface area contributed by atoms with Gasteiger partial charge in [-0.2, -0.15) is 0 Å². The molecule has 17 heavy (non-hydrogen) atoms. The number of nitrogens with two attached hydrogens (primary N) is 1. The molecule has 1 aromatic heterocycles. The van der Waals surface area contributed by atoms with Gasteiger partial charge in [0, 0.05) is 11.6 Å². The molecule has 0 saturated heterocycles. The highest BCUT2D eigenvalue weighted by Crippen LogP contribution is 2.22. The van der Waals surface area contributed by atoms with Gasteiger partial charge < -0.3 is 10.3 Å². The van der Waals surface area contributed by atoms with Gasteiger partial charge in [0.25, 0.3) is 0 Å². The van der Waals surface area contributed by atoms with E-state index >= 15 is 0 Å². The van der Waals surface area contributed by atoms with E-state index in [1.54, 1.807) is 0 Å². The third-order valence-corrected chi connectivity index (χ3v) is 2.78. The van der Waals surface area contributed by atoms with Crippen LogP contribution in [0.2, 0.25) is 0 Å². The third-order valence-electron chi connectivity index (χ3n) is 2.78. The molecule has 4 nitrogen and oxygen atoms in total. The second kappa shape index (κ2) is 4.67. The van der Waals surface area contributed by atoms with Crippen molar-refractivity contribution in [2.75, 3.05) is 0 Å². The summed E-state index contributed by atoms with van der Waals surface area (Å²) >= 11 is 0. The zero-order valence-corrected chi connectivity index (χ0v) is 10.5. The molecule has 0 amide bonds. The van der Waals surface area contributed by atoms with Crippen molar-refractivity contribution >= 4 is 0 Å². The van der Waals surface area contributed by atoms with E-state index in [1.807, 2.05) is 0 Å². The monoisotopic (exact) mass is 230 g/mol. The lowest BCUT2D eigenvalue weighted by Crippen LogP contribution is -2.11. The van der Waals surface area contributed by atoms with Crippen LogP contribution in [0.15, 0.2) is 24.3 Å². The van der Waals surface area contributed by atoms with Crippen molar-refractivity contribution in [2.45, 2.75) is 33.4 Å². The van der Waals surface area contributed by atoms with Gasteiger partial charge in [-0.25, -0.2) is 0 Å². The first-order valence-electron chi connectivity index (χ1n) is 5.84. The summed E-state index contributed by atoms with van der Waals surface area (Å²) in [5, 5.41) is 8.38. The quantitative estimate of drug-likeness (QED) is 0.880. The molecule has 2 N–H and O–H groups in total. The molecule has 0 radical (unpaired) electrons. The lowest BCUT2D eigenvalue weighted by Gasteiger charge is -2.13. The summed E-state index contributed by atoms with van der Waals surface area (Å²) in [5.74, 6) is 1.72. The van der Waals surface area contributed by atoms with E-state index < -0.39 is 0 Å². The smallest absolute Gasteiger partial charge is 0.164 e. The maximum atomic E-state index is 5.68. The summed E-state index contributed by atoms with van der Waals surface area (Å²) < 4.78 is 2.09. The van der Waals surface area contributed by atoms with E-state index in [0.29, 0.717) is 12.6 Å². The molecule has 2 rings (SSSR count). The van der Waals surface area contributed by atoms with Gasteiger partial charge in [0.15, 0.2) is 5.82 Å². The van der Waals surface area contributed by atoms with Crippen LogP contribution in [-0.4, -0.2) is 14.8 Å². The largest absolute Gasteiger partial charge is 0.324 e. The van der Waals surface area contributed by atoms with Gasteiger partial charge in [0.1, 0.15) is 5.82 Å². The van der Waals surface area contributed by atoms with Gasteiger partial charge in [0.2, 0.25) is 0 Å². The van der Waals surface area contributed by atoms with E-state index in [9.17, 15) is 0 Å². The van der Waals surface area contributed by atoms with Gasteiger partial charge in [-0.15, -0.1) is 10.2 Å². The molecule has 90 valence electrons. The van der Waals surface area contributed by atoms with Gasteiger partial charge in [-0.1, -0.05) is 29.8 Å². The Labute approximate surface area is 101 Å². The van der Waals surface area contributed by atoms with Crippen molar-refractivity contribution in [1.29, 1.82) is 0 Å². The Hall–Kier alpha value is -1.68. The molecule has 0 aliphatic rings. The second-order valence-corrected chi connectivity index (χ2v) is 4.47. The Morgan fingerprint density at radius 1 is 1.18 bits per heavy atom. The van der Waals surface area contributed by atoms with E-state index in [-0.39, 0.29) is 0 Å². The van der Waals surface area contributed by atoms with Crippen LogP contribution in [0, 0.1) is 6.92 Å². The number of benzene rings is 1. The minimum atomic E-state index is 0.305. The van der Waals surface area contributed by atoms with Crippen molar-refractivity contribution < 1.29 is 0 Å². The first-order valence-corrected chi connectivity index (χ1v) is 5.84. The molecule has 0 spiro atoms. The average molecular weight is 230 g/mol. The third kappa shape index (κ3) is 2.22. The summed E-state index contributed by atoms with van der Waals surface area (Å²) in [6.07, 6.45) is 0. The molecule has 0 unspecified atom stereocenters. The van der Waals surface area contributed by atoms with Gasteiger partial charge in [-0.3, -0.25) is 0 Å². The number of aromatic nitrogens is 3. The molecule has 2 aromatic rings.